The summed E-state index contributed by atoms with van der Waals surface area (Å²) in [4.78, 5) is 11.3. The fourth-order valence-corrected chi connectivity index (χ4v) is 1.78. The molecule has 4 heteroatoms. The van der Waals surface area contributed by atoms with E-state index in [2.05, 4.69) is 5.32 Å². The van der Waals surface area contributed by atoms with Crippen molar-refractivity contribution in [2.75, 3.05) is 5.32 Å². The number of nitrogens with one attached hydrogen (secondary N) is 1. The molecule has 0 amide bonds. The van der Waals surface area contributed by atoms with Crippen LogP contribution in [0.3, 0.4) is 0 Å². The Labute approximate surface area is 105 Å². The maximum Gasteiger partial charge on any atom is 0.132 e. The summed E-state index contributed by atoms with van der Waals surface area (Å²) >= 11 is 0. The second kappa shape index (κ2) is 5.49. The van der Waals surface area contributed by atoms with Gasteiger partial charge in [-0.2, -0.15) is 0 Å². The lowest BCUT2D eigenvalue weighted by Gasteiger charge is -2.16. The van der Waals surface area contributed by atoms with E-state index in [4.69, 9.17) is 4.42 Å². The third-order valence-corrected chi connectivity index (χ3v) is 2.54. The van der Waals surface area contributed by atoms with Gasteiger partial charge >= 0.3 is 0 Å². The minimum absolute atomic E-state index is 0.0419. The predicted molar refractivity (Wildman–Crippen MR) is 66.8 cm³/mol. The molecule has 0 aliphatic rings. The predicted octanol–water partition coefficient (Wildman–Crippen LogP) is 3.55. The normalized spacial score (nSPS) is 12.1. The lowest BCUT2D eigenvalue weighted by molar-refractivity contribution is -0.117. The average molecular weight is 247 g/mol. The highest BCUT2D eigenvalue weighted by atomic mass is 19.1. The van der Waals surface area contributed by atoms with Crippen LogP contribution in [0.25, 0.3) is 0 Å². The number of furan rings is 1. The van der Waals surface area contributed by atoms with Crippen LogP contribution >= 0.6 is 0 Å². The molecule has 1 heterocycles. The molecule has 0 aliphatic heterocycles. The van der Waals surface area contributed by atoms with Crippen LogP contribution in [0, 0.1) is 5.82 Å². The number of carbonyl (C=O) groups excluding carboxylic acids is 1. The Hall–Kier alpha value is -2.10. The first-order valence-electron chi connectivity index (χ1n) is 5.70. The van der Waals surface area contributed by atoms with Gasteiger partial charge in [-0.05, 0) is 37.3 Å². The summed E-state index contributed by atoms with van der Waals surface area (Å²) in [5, 5.41) is 3.10. The van der Waals surface area contributed by atoms with Crippen LogP contribution in [-0.2, 0) is 4.79 Å². The molecule has 18 heavy (non-hydrogen) atoms. The van der Waals surface area contributed by atoms with E-state index in [0.29, 0.717) is 17.9 Å². The van der Waals surface area contributed by atoms with Crippen LogP contribution in [-0.4, -0.2) is 5.78 Å². The lowest BCUT2D eigenvalue weighted by Crippen LogP contribution is -2.13. The van der Waals surface area contributed by atoms with Gasteiger partial charge in [-0.1, -0.05) is 6.07 Å². The molecule has 1 atom stereocenters. The van der Waals surface area contributed by atoms with Crippen molar-refractivity contribution in [1.29, 1.82) is 0 Å². The summed E-state index contributed by atoms with van der Waals surface area (Å²) < 4.78 is 18.4. The van der Waals surface area contributed by atoms with Crippen LogP contribution < -0.4 is 5.32 Å². The van der Waals surface area contributed by atoms with Crippen LogP contribution in [0.1, 0.15) is 25.1 Å². The Morgan fingerprint density at radius 1 is 1.39 bits per heavy atom. The summed E-state index contributed by atoms with van der Waals surface area (Å²) in [6, 6.07) is 9.40. The molecule has 1 aromatic carbocycles. The third kappa shape index (κ3) is 3.20. The van der Waals surface area contributed by atoms with Gasteiger partial charge in [0.1, 0.15) is 17.4 Å². The number of hydrogen-bond acceptors (Lipinski definition) is 3. The highest BCUT2D eigenvalue weighted by Gasteiger charge is 2.16. The second-order valence-electron chi connectivity index (χ2n) is 4.13. The number of hydrogen-bond donors (Lipinski definition) is 1. The van der Waals surface area contributed by atoms with Gasteiger partial charge in [0.2, 0.25) is 0 Å². The molecule has 3 nitrogen and oxygen atoms in total. The van der Waals surface area contributed by atoms with Crippen molar-refractivity contribution >= 4 is 11.5 Å². The Kier molecular flexibility index (Phi) is 3.77. The fraction of sp³-hybridized carbons (Fsp3) is 0.214. The largest absolute Gasteiger partial charge is 0.467 e. The molecule has 94 valence electrons. The van der Waals surface area contributed by atoms with Gasteiger partial charge in [0, 0.05) is 12.1 Å². The zero-order chi connectivity index (χ0) is 13.0. The summed E-state index contributed by atoms with van der Waals surface area (Å²) in [7, 11) is 0. The van der Waals surface area contributed by atoms with E-state index in [-0.39, 0.29) is 17.6 Å². The molecule has 1 N–H and O–H groups in total. The van der Waals surface area contributed by atoms with Crippen molar-refractivity contribution in [3.63, 3.8) is 0 Å². The molecule has 0 radical (unpaired) electrons. The fourth-order valence-electron chi connectivity index (χ4n) is 1.78. The number of Topliss-reactive ketones (excluding diaryl/α,β-unsaturated/α-hetero) is 1. The summed E-state index contributed by atoms with van der Waals surface area (Å²) in [5.41, 5.74) is 0.623. The second-order valence-corrected chi connectivity index (χ2v) is 4.13. The molecule has 2 rings (SSSR count). The molecule has 0 aliphatic carbocycles. The van der Waals surface area contributed by atoms with E-state index in [1.54, 1.807) is 30.5 Å². The Morgan fingerprint density at radius 3 is 2.83 bits per heavy atom. The van der Waals surface area contributed by atoms with E-state index in [9.17, 15) is 9.18 Å². The molecule has 1 aromatic heterocycles. The minimum atomic E-state index is -0.319. The molecular weight excluding hydrogens is 233 g/mol. The summed E-state index contributed by atoms with van der Waals surface area (Å²) in [6.07, 6.45) is 1.85. The SMILES string of the molecule is CC(=O)CC(Nc1cccc(F)c1)c1ccco1. The van der Waals surface area contributed by atoms with Crippen molar-refractivity contribution in [2.45, 2.75) is 19.4 Å². The van der Waals surface area contributed by atoms with Gasteiger partial charge in [0.15, 0.2) is 0 Å². The number of ketones is 1. The van der Waals surface area contributed by atoms with E-state index >= 15 is 0 Å². The monoisotopic (exact) mass is 247 g/mol. The Morgan fingerprint density at radius 2 is 2.22 bits per heavy atom. The number of carbonyl (C=O) groups is 1. The van der Waals surface area contributed by atoms with E-state index in [1.807, 2.05) is 0 Å². The van der Waals surface area contributed by atoms with Gasteiger partial charge < -0.3 is 9.73 Å². The zero-order valence-corrected chi connectivity index (χ0v) is 10.0. The van der Waals surface area contributed by atoms with Crippen LogP contribution in [0.15, 0.2) is 47.1 Å². The zero-order valence-electron chi connectivity index (χ0n) is 10.0. The Balaban J connectivity index is 2.17. The topological polar surface area (TPSA) is 42.2 Å². The van der Waals surface area contributed by atoms with Gasteiger partial charge in [-0.15, -0.1) is 0 Å². The smallest absolute Gasteiger partial charge is 0.132 e. The van der Waals surface area contributed by atoms with Crippen molar-refractivity contribution < 1.29 is 13.6 Å². The van der Waals surface area contributed by atoms with E-state index in [0.717, 1.165) is 0 Å². The van der Waals surface area contributed by atoms with Gasteiger partial charge in [0.05, 0.1) is 12.3 Å². The number of rotatable bonds is 5. The average Bonchev–Trinajstić information content (AvgIpc) is 2.80. The summed E-state index contributed by atoms with van der Waals surface area (Å²) in [5.74, 6) is 0.385. The molecule has 0 saturated heterocycles. The van der Waals surface area contributed by atoms with Crippen LogP contribution in [0.2, 0.25) is 0 Å². The maximum absolute atomic E-state index is 13.1. The number of anilines is 1. The van der Waals surface area contributed by atoms with Crippen molar-refractivity contribution in [3.8, 4) is 0 Å². The third-order valence-electron chi connectivity index (χ3n) is 2.54. The van der Waals surface area contributed by atoms with Crippen LogP contribution in [0.5, 0.6) is 0 Å². The van der Waals surface area contributed by atoms with Gasteiger partial charge in [-0.3, -0.25) is 4.79 Å². The van der Waals surface area contributed by atoms with Crippen LogP contribution in [0.4, 0.5) is 10.1 Å². The highest BCUT2D eigenvalue weighted by Crippen LogP contribution is 2.23. The van der Waals surface area contributed by atoms with Gasteiger partial charge in [0.25, 0.3) is 0 Å². The van der Waals surface area contributed by atoms with Crippen molar-refractivity contribution in [2.24, 2.45) is 0 Å². The molecule has 0 bridgehead atoms. The maximum atomic E-state index is 13.1. The molecule has 0 spiro atoms. The van der Waals surface area contributed by atoms with Crippen molar-refractivity contribution in [3.05, 3.63) is 54.2 Å². The highest BCUT2D eigenvalue weighted by molar-refractivity contribution is 5.76. The summed E-state index contributed by atoms with van der Waals surface area (Å²) in [6.45, 7) is 1.52. The first kappa shape index (κ1) is 12.4. The molecular formula is C14H14FNO2. The minimum Gasteiger partial charge on any atom is -0.467 e. The molecule has 1 unspecified atom stereocenters. The number of benzene rings is 1. The first-order chi connectivity index (χ1) is 8.65. The molecule has 0 fully saturated rings. The van der Waals surface area contributed by atoms with Crippen molar-refractivity contribution in [1.82, 2.24) is 0 Å². The quantitative estimate of drug-likeness (QED) is 0.878. The first-order valence-corrected chi connectivity index (χ1v) is 5.70. The standard InChI is InChI=1S/C14H14FNO2/c1-10(17)8-13(14-6-3-7-18-14)16-12-5-2-4-11(15)9-12/h2-7,9,13,16H,8H2,1H3. The van der Waals surface area contributed by atoms with E-state index in [1.165, 1.54) is 19.1 Å². The lowest BCUT2D eigenvalue weighted by atomic mass is 10.1. The Bertz CT molecular complexity index is 522. The van der Waals surface area contributed by atoms with E-state index < -0.39 is 0 Å². The molecule has 2 aromatic rings. The van der Waals surface area contributed by atoms with Gasteiger partial charge in [-0.25, -0.2) is 4.39 Å². The number of halogens is 1. The molecule has 0 saturated carbocycles.